The summed E-state index contributed by atoms with van der Waals surface area (Å²) in [5.74, 6) is -1.59. The molecule has 24 heavy (non-hydrogen) atoms. The van der Waals surface area contributed by atoms with Gasteiger partial charge in [-0.25, -0.2) is 0 Å². The van der Waals surface area contributed by atoms with Crippen molar-refractivity contribution in [3.63, 3.8) is 0 Å². The Morgan fingerprint density at radius 2 is 1.79 bits per heavy atom. The number of methoxy groups -OCH3 is 1. The van der Waals surface area contributed by atoms with Crippen molar-refractivity contribution in [1.82, 2.24) is 0 Å². The zero-order valence-electron chi connectivity index (χ0n) is 14.1. The molecule has 0 aliphatic heterocycles. The first kappa shape index (κ1) is 20.5. The fraction of sp³-hybridized carbons (Fsp3) is 0.611. The normalized spacial score (nSPS) is 14.2. The van der Waals surface area contributed by atoms with Gasteiger partial charge in [0.25, 0.3) is 0 Å². The average Bonchev–Trinajstić information content (AvgIpc) is 2.54. The second kappa shape index (κ2) is 9.67. The lowest BCUT2D eigenvalue weighted by molar-refractivity contribution is -0.171. The second-order valence-corrected chi connectivity index (χ2v) is 6.06. The highest BCUT2D eigenvalue weighted by Crippen LogP contribution is 2.31. The fourth-order valence-corrected chi connectivity index (χ4v) is 2.39. The van der Waals surface area contributed by atoms with Crippen LogP contribution in [0.2, 0.25) is 0 Å². The van der Waals surface area contributed by atoms with Gasteiger partial charge in [-0.05, 0) is 43.2 Å². The largest absolute Gasteiger partial charge is 0.469 e. The van der Waals surface area contributed by atoms with Crippen molar-refractivity contribution in [2.75, 3.05) is 7.11 Å². The Bertz CT molecular complexity index is 497. The summed E-state index contributed by atoms with van der Waals surface area (Å²) in [6.07, 6.45) is -2.50. The highest BCUT2D eigenvalue weighted by molar-refractivity contribution is 5.69. The van der Waals surface area contributed by atoms with Crippen molar-refractivity contribution in [2.24, 2.45) is 5.92 Å². The van der Waals surface area contributed by atoms with Crippen molar-refractivity contribution in [1.29, 1.82) is 0 Å². The molecular formula is C18H25F3O3. The lowest BCUT2D eigenvalue weighted by Crippen LogP contribution is -2.19. The molecule has 0 saturated carbocycles. The summed E-state index contributed by atoms with van der Waals surface area (Å²) in [5, 5.41) is 10.1. The number of aryl methyl sites for hydroxylation is 1. The number of carbonyl (C=O) groups excluding carboxylic acids is 1. The zero-order valence-corrected chi connectivity index (χ0v) is 14.1. The van der Waals surface area contributed by atoms with Crippen LogP contribution in [0.25, 0.3) is 0 Å². The van der Waals surface area contributed by atoms with E-state index in [1.54, 1.807) is 12.1 Å². The van der Waals surface area contributed by atoms with Gasteiger partial charge in [-0.1, -0.05) is 31.2 Å². The third-order valence-electron chi connectivity index (χ3n) is 4.11. The van der Waals surface area contributed by atoms with Gasteiger partial charge in [-0.3, -0.25) is 4.79 Å². The topological polar surface area (TPSA) is 46.5 Å². The van der Waals surface area contributed by atoms with E-state index in [1.807, 2.05) is 12.1 Å². The van der Waals surface area contributed by atoms with Gasteiger partial charge in [0.1, 0.15) is 0 Å². The van der Waals surface area contributed by atoms with Crippen LogP contribution in [-0.2, 0) is 16.0 Å². The van der Waals surface area contributed by atoms with Gasteiger partial charge < -0.3 is 9.84 Å². The van der Waals surface area contributed by atoms with E-state index in [9.17, 15) is 23.1 Å². The SMILES string of the molecule is COC(=O)CCCc1ccc(C(O)CCCC(C)C(F)(F)F)cc1. The molecule has 0 amide bonds. The Morgan fingerprint density at radius 1 is 1.17 bits per heavy atom. The number of alkyl halides is 3. The standard InChI is InChI=1S/C18H25F3O3/c1-13(18(19,20)21)5-3-7-16(22)15-11-9-14(10-12-15)6-4-8-17(23)24-2/h9-13,16,22H,3-8H2,1-2H3. The molecule has 1 aromatic rings. The second-order valence-electron chi connectivity index (χ2n) is 6.06. The Hall–Kier alpha value is -1.56. The number of aliphatic hydroxyl groups excluding tert-OH is 1. The van der Waals surface area contributed by atoms with E-state index in [4.69, 9.17) is 0 Å². The Labute approximate surface area is 140 Å². The van der Waals surface area contributed by atoms with Gasteiger partial charge in [0.15, 0.2) is 0 Å². The highest BCUT2D eigenvalue weighted by atomic mass is 19.4. The molecule has 1 aromatic carbocycles. The van der Waals surface area contributed by atoms with E-state index in [-0.39, 0.29) is 12.4 Å². The van der Waals surface area contributed by atoms with Crippen LogP contribution in [-0.4, -0.2) is 24.4 Å². The molecule has 0 radical (unpaired) electrons. The van der Waals surface area contributed by atoms with Gasteiger partial charge in [0.05, 0.1) is 19.1 Å². The molecule has 0 saturated heterocycles. The predicted octanol–water partition coefficient (Wildman–Crippen LogP) is 4.58. The van der Waals surface area contributed by atoms with E-state index in [0.29, 0.717) is 31.2 Å². The number of rotatable bonds is 9. The summed E-state index contributed by atoms with van der Waals surface area (Å²) in [6, 6.07) is 7.30. The van der Waals surface area contributed by atoms with Crippen molar-refractivity contribution in [3.05, 3.63) is 35.4 Å². The molecule has 136 valence electrons. The van der Waals surface area contributed by atoms with E-state index >= 15 is 0 Å². The lowest BCUT2D eigenvalue weighted by atomic mass is 9.97. The summed E-state index contributed by atoms with van der Waals surface area (Å²) in [4.78, 5) is 11.0. The predicted molar refractivity (Wildman–Crippen MR) is 85.4 cm³/mol. The molecule has 2 atom stereocenters. The quantitative estimate of drug-likeness (QED) is 0.666. The average molecular weight is 346 g/mol. The van der Waals surface area contributed by atoms with Crippen LogP contribution >= 0.6 is 0 Å². The maximum Gasteiger partial charge on any atom is 0.391 e. The van der Waals surface area contributed by atoms with Gasteiger partial charge >= 0.3 is 12.1 Å². The Kier molecular flexibility index (Phi) is 8.25. The third-order valence-corrected chi connectivity index (χ3v) is 4.11. The van der Waals surface area contributed by atoms with Crippen LogP contribution in [0.3, 0.4) is 0 Å². The number of hydrogen-bond donors (Lipinski definition) is 1. The minimum absolute atomic E-state index is 0.0200. The first-order chi connectivity index (χ1) is 11.2. The summed E-state index contributed by atoms with van der Waals surface area (Å²) >= 11 is 0. The van der Waals surface area contributed by atoms with E-state index in [0.717, 1.165) is 18.9 Å². The zero-order chi connectivity index (χ0) is 18.2. The van der Waals surface area contributed by atoms with Crippen LogP contribution in [0, 0.1) is 5.92 Å². The van der Waals surface area contributed by atoms with E-state index in [1.165, 1.54) is 7.11 Å². The van der Waals surface area contributed by atoms with Crippen LogP contribution in [0.15, 0.2) is 24.3 Å². The van der Waals surface area contributed by atoms with E-state index < -0.39 is 18.2 Å². The van der Waals surface area contributed by atoms with Crippen molar-refractivity contribution in [3.8, 4) is 0 Å². The summed E-state index contributed by atoms with van der Waals surface area (Å²) in [6.45, 7) is 1.16. The Morgan fingerprint density at radius 3 is 2.33 bits per heavy atom. The number of aliphatic hydroxyl groups is 1. The van der Waals surface area contributed by atoms with Crippen LogP contribution in [0.5, 0.6) is 0 Å². The van der Waals surface area contributed by atoms with Gasteiger partial charge in [0, 0.05) is 6.42 Å². The molecule has 1 rings (SSSR count). The maximum atomic E-state index is 12.4. The third kappa shape index (κ3) is 7.34. The summed E-state index contributed by atoms with van der Waals surface area (Å²) in [5.41, 5.74) is 1.74. The molecule has 0 bridgehead atoms. The molecule has 0 heterocycles. The van der Waals surface area contributed by atoms with Crippen LogP contribution < -0.4 is 0 Å². The molecule has 2 unspecified atom stereocenters. The van der Waals surface area contributed by atoms with Crippen molar-refractivity contribution >= 4 is 5.97 Å². The fourth-order valence-electron chi connectivity index (χ4n) is 2.39. The highest BCUT2D eigenvalue weighted by Gasteiger charge is 2.35. The molecule has 3 nitrogen and oxygen atoms in total. The van der Waals surface area contributed by atoms with Crippen LogP contribution in [0.1, 0.15) is 56.3 Å². The molecule has 0 aliphatic carbocycles. The molecule has 0 spiro atoms. The lowest BCUT2D eigenvalue weighted by Gasteiger charge is -2.17. The van der Waals surface area contributed by atoms with Crippen LogP contribution in [0.4, 0.5) is 13.2 Å². The van der Waals surface area contributed by atoms with Gasteiger partial charge in [-0.2, -0.15) is 13.2 Å². The minimum atomic E-state index is -4.17. The maximum absolute atomic E-state index is 12.4. The Balaban J connectivity index is 2.38. The molecule has 0 aliphatic rings. The van der Waals surface area contributed by atoms with Crippen molar-refractivity contribution in [2.45, 2.75) is 57.7 Å². The number of benzene rings is 1. The first-order valence-electron chi connectivity index (χ1n) is 8.14. The number of hydrogen-bond acceptors (Lipinski definition) is 3. The number of halogens is 3. The molecule has 1 N–H and O–H groups in total. The summed E-state index contributed by atoms with van der Waals surface area (Å²) in [7, 11) is 1.36. The molecule has 0 fully saturated rings. The van der Waals surface area contributed by atoms with Gasteiger partial charge in [-0.15, -0.1) is 0 Å². The smallest absolute Gasteiger partial charge is 0.391 e. The number of carbonyl (C=O) groups is 1. The van der Waals surface area contributed by atoms with Crippen molar-refractivity contribution < 1.29 is 27.8 Å². The molecule has 0 aromatic heterocycles. The van der Waals surface area contributed by atoms with Gasteiger partial charge in [0.2, 0.25) is 0 Å². The summed E-state index contributed by atoms with van der Waals surface area (Å²) < 4.78 is 41.8. The minimum Gasteiger partial charge on any atom is -0.469 e. The monoisotopic (exact) mass is 346 g/mol. The number of ether oxygens (including phenoxy) is 1. The number of esters is 1. The van der Waals surface area contributed by atoms with E-state index in [2.05, 4.69) is 4.74 Å². The first-order valence-corrected chi connectivity index (χ1v) is 8.14. The molecule has 6 heteroatoms. The molecular weight excluding hydrogens is 321 g/mol.